The molecular formula is C19H24FN3O2S. The molecule has 2 atom stereocenters. The highest BCUT2D eigenvalue weighted by Crippen LogP contribution is 2.25. The van der Waals surface area contributed by atoms with E-state index in [2.05, 4.69) is 10.3 Å². The second kappa shape index (κ2) is 8.70. The smallest absolute Gasteiger partial charge is 0.229 e. The van der Waals surface area contributed by atoms with Crippen LogP contribution >= 0.6 is 11.3 Å². The van der Waals surface area contributed by atoms with Crippen LogP contribution in [0.1, 0.15) is 42.3 Å². The van der Waals surface area contributed by atoms with E-state index in [1.807, 2.05) is 30.2 Å². The number of carbonyl (C=O) groups excluding carboxylic acids is 1. The molecule has 3 rings (SSSR count). The largest absolute Gasteiger partial charge is 0.372 e. The Morgan fingerprint density at radius 3 is 3.15 bits per heavy atom. The third-order valence-electron chi connectivity index (χ3n) is 4.46. The van der Waals surface area contributed by atoms with E-state index in [9.17, 15) is 9.18 Å². The maximum atomic E-state index is 13.6. The van der Waals surface area contributed by atoms with E-state index < -0.39 is 0 Å². The molecule has 2 heterocycles. The molecule has 1 aliphatic heterocycles. The van der Waals surface area contributed by atoms with Crippen LogP contribution in [0.5, 0.6) is 0 Å². The van der Waals surface area contributed by atoms with Gasteiger partial charge in [-0.1, -0.05) is 12.1 Å². The van der Waals surface area contributed by atoms with Crippen molar-refractivity contribution in [3.05, 3.63) is 51.7 Å². The Bertz CT molecular complexity index is 752. The highest BCUT2D eigenvalue weighted by atomic mass is 32.1. The zero-order valence-corrected chi connectivity index (χ0v) is 15.9. The van der Waals surface area contributed by atoms with Crippen molar-refractivity contribution < 1.29 is 13.9 Å². The van der Waals surface area contributed by atoms with Gasteiger partial charge in [-0.3, -0.25) is 4.79 Å². The zero-order valence-electron chi connectivity index (χ0n) is 15.1. The SMILES string of the molecule is CCOC(C)c1nc(CC(=O)N2CCNCC2c2cccc(F)c2)cs1. The Balaban J connectivity index is 1.71. The van der Waals surface area contributed by atoms with Gasteiger partial charge in [-0.15, -0.1) is 11.3 Å². The maximum absolute atomic E-state index is 13.6. The number of carbonyl (C=O) groups is 1. The van der Waals surface area contributed by atoms with E-state index in [1.54, 1.807) is 6.07 Å². The topological polar surface area (TPSA) is 54.5 Å². The van der Waals surface area contributed by atoms with Crippen LogP contribution in [-0.2, 0) is 16.0 Å². The second-order valence-electron chi connectivity index (χ2n) is 6.31. The van der Waals surface area contributed by atoms with Gasteiger partial charge in [0.2, 0.25) is 5.91 Å². The summed E-state index contributed by atoms with van der Waals surface area (Å²) in [5.41, 5.74) is 1.58. The number of rotatable bonds is 6. The predicted molar refractivity (Wildman–Crippen MR) is 99.6 cm³/mol. The van der Waals surface area contributed by atoms with Crippen molar-refractivity contribution in [1.82, 2.24) is 15.2 Å². The maximum Gasteiger partial charge on any atom is 0.229 e. The summed E-state index contributed by atoms with van der Waals surface area (Å²) in [5, 5.41) is 6.09. The van der Waals surface area contributed by atoms with Gasteiger partial charge in [-0.05, 0) is 31.5 Å². The van der Waals surface area contributed by atoms with E-state index in [0.29, 0.717) is 19.7 Å². The molecule has 1 aromatic carbocycles. The van der Waals surface area contributed by atoms with E-state index in [4.69, 9.17) is 4.74 Å². The third-order valence-corrected chi connectivity index (χ3v) is 5.52. The molecule has 0 spiro atoms. The molecule has 2 aromatic rings. The zero-order chi connectivity index (χ0) is 18.5. The number of halogens is 1. The van der Waals surface area contributed by atoms with Crippen LogP contribution in [-0.4, -0.2) is 42.0 Å². The lowest BCUT2D eigenvalue weighted by atomic mass is 10.0. The Hall–Kier alpha value is -1.83. The number of amides is 1. The standard InChI is InChI=1S/C19H24FN3O2S/c1-3-25-13(2)19-22-16(12-26-19)10-18(24)23-8-7-21-11-17(23)14-5-4-6-15(20)9-14/h4-6,9,12-13,17,21H,3,7-8,10-11H2,1-2H3. The number of nitrogens with zero attached hydrogens (tertiary/aromatic N) is 2. The van der Waals surface area contributed by atoms with Crippen LogP contribution in [0.3, 0.4) is 0 Å². The summed E-state index contributed by atoms with van der Waals surface area (Å²) in [4.78, 5) is 19.3. The average Bonchev–Trinajstić information content (AvgIpc) is 3.10. The van der Waals surface area contributed by atoms with E-state index >= 15 is 0 Å². The highest BCUT2D eigenvalue weighted by Gasteiger charge is 2.28. The van der Waals surface area contributed by atoms with Gasteiger partial charge in [0, 0.05) is 31.6 Å². The molecule has 26 heavy (non-hydrogen) atoms. The molecule has 7 heteroatoms. The number of piperazine rings is 1. The molecule has 1 aromatic heterocycles. The lowest BCUT2D eigenvalue weighted by Crippen LogP contribution is -2.49. The molecule has 140 valence electrons. The molecule has 0 radical (unpaired) electrons. The Morgan fingerprint density at radius 1 is 1.54 bits per heavy atom. The molecule has 0 aliphatic carbocycles. The van der Waals surface area contributed by atoms with Gasteiger partial charge in [-0.25, -0.2) is 9.37 Å². The Kier molecular flexibility index (Phi) is 6.34. The fraction of sp³-hybridized carbons (Fsp3) is 0.474. The molecule has 1 aliphatic rings. The first-order valence-corrected chi connectivity index (χ1v) is 9.78. The summed E-state index contributed by atoms with van der Waals surface area (Å²) in [6.07, 6.45) is 0.189. The predicted octanol–water partition coefficient (Wildman–Crippen LogP) is 3.10. The van der Waals surface area contributed by atoms with Gasteiger partial charge in [0.25, 0.3) is 0 Å². The molecule has 5 nitrogen and oxygen atoms in total. The van der Waals surface area contributed by atoms with Gasteiger partial charge in [0.05, 0.1) is 18.2 Å². The number of benzene rings is 1. The average molecular weight is 377 g/mol. The third kappa shape index (κ3) is 4.47. The van der Waals surface area contributed by atoms with Gasteiger partial charge in [-0.2, -0.15) is 0 Å². The summed E-state index contributed by atoms with van der Waals surface area (Å²) in [6, 6.07) is 6.31. The van der Waals surface area contributed by atoms with Crippen molar-refractivity contribution in [2.75, 3.05) is 26.2 Å². The summed E-state index contributed by atoms with van der Waals surface area (Å²) in [6.45, 7) is 6.51. The van der Waals surface area contributed by atoms with Gasteiger partial charge in [0.1, 0.15) is 16.9 Å². The van der Waals surface area contributed by atoms with Crippen molar-refractivity contribution in [2.24, 2.45) is 0 Å². The lowest BCUT2D eigenvalue weighted by molar-refractivity contribution is -0.133. The number of thiazole rings is 1. The van der Waals surface area contributed by atoms with Crippen molar-refractivity contribution in [3.63, 3.8) is 0 Å². The summed E-state index contributed by atoms with van der Waals surface area (Å²) in [5.74, 6) is -0.267. The lowest BCUT2D eigenvalue weighted by Gasteiger charge is -2.36. The summed E-state index contributed by atoms with van der Waals surface area (Å²) < 4.78 is 19.2. The minimum absolute atomic E-state index is 0.0154. The molecule has 1 amide bonds. The van der Waals surface area contributed by atoms with E-state index in [1.165, 1.54) is 23.5 Å². The van der Waals surface area contributed by atoms with Crippen LogP contribution in [0.25, 0.3) is 0 Å². The first-order valence-electron chi connectivity index (χ1n) is 8.90. The minimum atomic E-state index is -0.283. The highest BCUT2D eigenvalue weighted by molar-refractivity contribution is 7.09. The van der Waals surface area contributed by atoms with Crippen LogP contribution < -0.4 is 5.32 Å². The first kappa shape index (κ1) is 18.9. The van der Waals surface area contributed by atoms with Crippen LogP contribution in [0.4, 0.5) is 4.39 Å². The van der Waals surface area contributed by atoms with Crippen molar-refractivity contribution >= 4 is 17.2 Å². The fourth-order valence-electron chi connectivity index (χ4n) is 3.18. The molecule has 2 unspecified atom stereocenters. The monoisotopic (exact) mass is 377 g/mol. The van der Waals surface area contributed by atoms with Crippen molar-refractivity contribution in [3.8, 4) is 0 Å². The normalized spacial score (nSPS) is 18.7. The number of hydrogen-bond acceptors (Lipinski definition) is 5. The summed E-state index contributed by atoms with van der Waals surface area (Å²) >= 11 is 1.52. The Morgan fingerprint density at radius 2 is 2.38 bits per heavy atom. The van der Waals surface area contributed by atoms with Crippen molar-refractivity contribution in [2.45, 2.75) is 32.4 Å². The number of aromatic nitrogens is 1. The number of ether oxygens (including phenoxy) is 1. The summed E-state index contributed by atoms with van der Waals surface area (Å²) in [7, 11) is 0. The first-order chi connectivity index (χ1) is 12.6. The molecule has 1 saturated heterocycles. The van der Waals surface area contributed by atoms with Crippen LogP contribution in [0.2, 0.25) is 0 Å². The Labute approximate surface area is 157 Å². The van der Waals surface area contributed by atoms with E-state index in [0.717, 1.165) is 22.8 Å². The molecule has 0 bridgehead atoms. The molecular weight excluding hydrogens is 353 g/mol. The minimum Gasteiger partial charge on any atom is -0.372 e. The van der Waals surface area contributed by atoms with Gasteiger partial charge in [0.15, 0.2) is 0 Å². The van der Waals surface area contributed by atoms with Gasteiger partial charge < -0.3 is 15.0 Å². The van der Waals surface area contributed by atoms with Crippen molar-refractivity contribution in [1.29, 1.82) is 0 Å². The molecule has 1 fully saturated rings. The van der Waals surface area contributed by atoms with Crippen LogP contribution in [0, 0.1) is 5.82 Å². The fourth-order valence-corrected chi connectivity index (χ4v) is 4.01. The number of nitrogens with one attached hydrogen (secondary N) is 1. The van der Waals surface area contributed by atoms with Crippen LogP contribution in [0.15, 0.2) is 29.6 Å². The number of hydrogen-bond donors (Lipinski definition) is 1. The van der Waals surface area contributed by atoms with Gasteiger partial charge >= 0.3 is 0 Å². The van der Waals surface area contributed by atoms with E-state index in [-0.39, 0.29) is 30.3 Å². The molecule has 1 N–H and O–H groups in total. The molecule has 0 saturated carbocycles. The second-order valence-corrected chi connectivity index (χ2v) is 7.20. The quantitative estimate of drug-likeness (QED) is 0.841.